The second kappa shape index (κ2) is 9.52. The van der Waals surface area contributed by atoms with E-state index in [4.69, 9.17) is 0 Å². The molecule has 0 saturated carbocycles. The number of hydrogen-bond donors (Lipinski definition) is 2. The Hall–Kier alpha value is -3.92. The molecule has 1 atom stereocenters. The molecule has 0 saturated heterocycles. The summed E-state index contributed by atoms with van der Waals surface area (Å²) < 4.78 is 23.3. The van der Waals surface area contributed by atoms with Crippen molar-refractivity contribution in [2.45, 2.75) is 17.9 Å². The van der Waals surface area contributed by atoms with Gasteiger partial charge in [-0.1, -0.05) is 25.1 Å². The minimum absolute atomic E-state index is 0.0146. The van der Waals surface area contributed by atoms with Crippen LogP contribution >= 0.6 is 0 Å². The Bertz CT molecular complexity index is 1460. The minimum atomic E-state index is -3.36. The lowest BCUT2D eigenvalue weighted by atomic mass is 9.96. The van der Waals surface area contributed by atoms with Crippen LogP contribution in [0.5, 0.6) is 0 Å². The van der Waals surface area contributed by atoms with Crippen molar-refractivity contribution in [1.82, 2.24) is 25.3 Å². The molecule has 0 bridgehead atoms. The van der Waals surface area contributed by atoms with Crippen LogP contribution in [0, 0.1) is 0 Å². The SMILES string of the molecule is CNC(=O)c1ccnc2c([C@H](C)CNc3cc(-c4ccc(S(C)(=O)=O)nc4)ncn3)cccc12. The van der Waals surface area contributed by atoms with Gasteiger partial charge in [0.2, 0.25) is 0 Å². The van der Waals surface area contributed by atoms with Crippen LogP contribution in [-0.2, 0) is 9.84 Å². The van der Waals surface area contributed by atoms with E-state index in [1.54, 1.807) is 31.4 Å². The van der Waals surface area contributed by atoms with Crippen LogP contribution in [0.4, 0.5) is 5.82 Å². The summed E-state index contributed by atoms with van der Waals surface area (Å²) in [7, 11) is -1.75. The molecular weight excluding hydrogens is 452 g/mol. The zero-order chi connectivity index (χ0) is 24.3. The Labute approximate surface area is 197 Å². The normalized spacial score (nSPS) is 12.3. The third-order valence-electron chi connectivity index (χ3n) is 5.47. The summed E-state index contributed by atoms with van der Waals surface area (Å²) in [6.45, 7) is 2.65. The molecule has 1 amide bonds. The first-order valence-electron chi connectivity index (χ1n) is 10.6. The number of nitrogens with zero attached hydrogens (tertiary/aromatic N) is 4. The van der Waals surface area contributed by atoms with Crippen molar-refractivity contribution in [3.8, 4) is 11.3 Å². The summed E-state index contributed by atoms with van der Waals surface area (Å²) in [6.07, 6.45) is 5.70. The molecule has 0 fully saturated rings. The fraction of sp³-hybridized carbons (Fsp3) is 0.208. The number of amides is 1. The predicted molar refractivity (Wildman–Crippen MR) is 130 cm³/mol. The van der Waals surface area contributed by atoms with E-state index in [0.717, 1.165) is 22.7 Å². The van der Waals surface area contributed by atoms with E-state index in [-0.39, 0.29) is 16.9 Å². The Morgan fingerprint density at radius 3 is 2.59 bits per heavy atom. The Kier molecular flexibility index (Phi) is 6.51. The van der Waals surface area contributed by atoms with Gasteiger partial charge in [0.25, 0.3) is 5.91 Å². The van der Waals surface area contributed by atoms with E-state index >= 15 is 0 Å². The molecule has 174 valence electrons. The zero-order valence-electron chi connectivity index (χ0n) is 19.0. The number of anilines is 1. The maximum Gasteiger partial charge on any atom is 0.251 e. The lowest BCUT2D eigenvalue weighted by Crippen LogP contribution is -2.18. The molecule has 0 unspecified atom stereocenters. The molecule has 3 aromatic heterocycles. The van der Waals surface area contributed by atoms with E-state index < -0.39 is 9.84 Å². The van der Waals surface area contributed by atoms with Gasteiger partial charge in [-0.15, -0.1) is 0 Å². The largest absolute Gasteiger partial charge is 0.369 e. The highest BCUT2D eigenvalue weighted by Crippen LogP contribution is 2.27. The highest BCUT2D eigenvalue weighted by atomic mass is 32.2. The second-order valence-corrected chi connectivity index (χ2v) is 9.87. The third kappa shape index (κ3) is 4.86. The average molecular weight is 477 g/mol. The van der Waals surface area contributed by atoms with Crippen LogP contribution in [0.3, 0.4) is 0 Å². The van der Waals surface area contributed by atoms with Crippen LogP contribution in [0.2, 0.25) is 0 Å². The molecule has 1 aromatic carbocycles. The van der Waals surface area contributed by atoms with Gasteiger partial charge in [0.05, 0.1) is 16.8 Å². The molecule has 0 radical (unpaired) electrons. The van der Waals surface area contributed by atoms with Crippen LogP contribution in [-0.4, -0.2) is 54.1 Å². The van der Waals surface area contributed by atoms with Gasteiger partial charge in [0, 0.05) is 55.2 Å². The van der Waals surface area contributed by atoms with Crippen molar-refractivity contribution in [2.75, 3.05) is 25.2 Å². The van der Waals surface area contributed by atoms with E-state index in [9.17, 15) is 13.2 Å². The van der Waals surface area contributed by atoms with Crippen LogP contribution in [0.25, 0.3) is 22.2 Å². The summed E-state index contributed by atoms with van der Waals surface area (Å²) >= 11 is 0. The third-order valence-corrected chi connectivity index (χ3v) is 6.47. The van der Waals surface area contributed by atoms with Crippen LogP contribution < -0.4 is 10.6 Å². The van der Waals surface area contributed by atoms with Gasteiger partial charge in [-0.3, -0.25) is 9.78 Å². The van der Waals surface area contributed by atoms with Crippen molar-refractivity contribution >= 4 is 32.5 Å². The van der Waals surface area contributed by atoms with Gasteiger partial charge in [-0.25, -0.2) is 23.4 Å². The number of rotatable bonds is 7. The summed E-state index contributed by atoms with van der Waals surface area (Å²) in [6, 6.07) is 12.5. The highest BCUT2D eigenvalue weighted by Gasteiger charge is 2.15. The first-order valence-corrected chi connectivity index (χ1v) is 12.5. The maximum absolute atomic E-state index is 12.2. The van der Waals surface area contributed by atoms with Crippen molar-refractivity contribution in [3.63, 3.8) is 0 Å². The number of nitrogens with one attached hydrogen (secondary N) is 2. The average Bonchev–Trinajstić information content (AvgIpc) is 2.85. The number of benzene rings is 1. The number of hydrogen-bond acceptors (Lipinski definition) is 8. The summed E-state index contributed by atoms with van der Waals surface area (Å²) in [5, 5.41) is 6.82. The van der Waals surface area contributed by atoms with Crippen molar-refractivity contribution in [3.05, 3.63) is 72.3 Å². The molecule has 10 heteroatoms. The minimum Gasteiger partial charge on any atom is -0.369 e. The van der Waals surface area contributed by atoms with E-state index in [1.165, 1.54) is 18.6 Å². The van der Waals surface area contributed by atoms with E-state index in [1.807, 2.05) is 18.2 Å². The lowest BCUT2D eigenvalue weighted by molar-refractivity contribution is 0.0964. The number of aromatic nitrogens is 4. The number of fused-ring (bicyclic) bond motifs is 1. The van der Waals surface area contributed by atoms with Gasteiger partial charge in [-0.05, 0) is 23.8 Å². The van der Waals surface area contributed by atoms with Crippen LogP contribution in [0.1, 0.15) is 28.8 Å². The number of carbonyl (C=O) groups excluding carboxylic acids is 1. The monoisotopic (exact) mass is 476 g/mol. The Morgan fingerprint density at radius 1 is 1.06 bits per heavy atom. The molecule has 0 aliphatic heterocycles. The Balaban J connectivity index is 1.53. The summed E-state index contributed by atoms with van der Waals surface area (Å²) in [4.78, 5) is 29.4. The molecule has 3 heterocycles. The number of para-hydroxylation sites is 1. The van der Waals surface area contributed by atoms with Gasteiger partial charge in [-0.2, -0.15) is 0 Å². The molecule has 0 aliphatic carbocycles. The molecule has 2 N–H and O–H groups in total. The molecule has 0 spiro atoms. The van der Waals surface area contributed by atoms with Crippen molar-refractivity contribution in [2.24, 2.45) is 0 Å². The molecular formula is C24H24N6O3S. The van der Waals surface area contributed by atoms with Crippen molar-refractivity contribution < 1.29 is 13.2 Å². The van der Waals surface area contributed by atoms with Gasteiger partial charge in [0.1, 0.15) is 12.1 Å². The molecule has 4 rings (SSSR count). The fourth-order valence-electron chi connectivity index (χ4n) is 3.66. The summed E-state index contributed by atoms with van der Waals surface area (Å²) in [5.74, 6) is 0.552. The smallest absolute Gasteiger partial charge is 0.251 e. The number of sulfone groups is 1. The first kappa shape index (κ1) is 23.2. The second-order valence-electron chi connectivity index (χ2n) is 7.91. The number of carbonyl (C=O) groups is 1. The lowest BCUT2D eigenvalue weighted by Gasteiger charge is -2.16. The van der Waals surface area contributed by atoms with Gasteiger partial charge >= 0.3 is 0 Å². The Morgan fingerprint density at radius 2 is 1.88 bits per heavy atom. The van der Waals surface area contributed by atoms with E-state index in [2.05, 4.69) is 37.5 Å². The number of pyridine rings is 2. The van der Waals surface area contributed by atoms with Gasteiger partial charge in [0.15, 0.2) is 14.9 Å². The zero-order valence-corrected chi connectivity index (χ0v) is 19.8. The standard InChI is InChI=1S/C24H24N6O3S/c1-15(17-5-4-6-18-19(24(31)25-2)9-10-26-23(17)18)12-27-21-11-20(29-14-30-21)16-7-8-22(28-13-16)34(3,32)33/h4-11,13-15H,12H2,1-3H3,(H,25,31)(H,27,29,30)/t15-/m1/s1. The predicted octanol–water partition coefficient (Wildman–Crippen LogP) is 3.07. The topological polar surface area (TPSA) is 127 Å². The molecule has 0 aliphatic rings. The summed E-state index contributed by atoms with van der Waals surface area (Å²) in [5.41, 5.74) is 3.71. The maximum atomic E-state index is 12.2. The van der Waals surface area contributed by atoms with Crippen LogP contribution in [0.15, 0.2) is 66.2 Å². The first-order chi connectivity index (χ1) is 16.3. The van der Waals surface area contributed by atoms with E-state index in [0.29, 0.717) is 29.2 Å². The van der Waals surface area contributed by atoms with Crippen molar-refractivity contribution in [1.29, 1.82) is 0 Å². The van der Waals surface area contributed by atoms with Gasteiger partial charge < -0.3 is 10.6 Å². The highest BCUT2D eigenvalue weighted by molar-refractivity contribution is 7.90. The molecule has 9 nitrogen and oxygen atoms in total. The molecule has 34 heavy (non-hydrogen) atoms. The quantitative estimate of drug-likeness (QED) is 0.417. The fourth-order valence-corrected chi connectivity index (χ4v) is 4.22. The molecule has 4 aromatic rings.